The van der Waals surface area contributed by atoms with E-state index in [1.807, 2.05) is 43.3 Å². The van der Waals surface area contributed by atoms with Gasteiger partial charge in [0, 0.05) is 12.1 Å². The topological polar surface area (TPSA) is 84.6 Å². The van der Waals surface area contributed by atoms with E-state index in [9.17, 15) is 18.0 Å². The quantitative estimate of drug-likeness (QED) is 0.212. The summed E-state index contributed by atoms with van der Waals surface area (Å²) in [7, 11) is 0. The van der Waals surface area contributed by atoms with Crippen molar-refractivity contribution >= 4 is 45.9 Å². The number of aliphatic imine (C=N–C) groups is 1. The van der Waals surface area contributed by atoms with Crippen molar-refractivity contribution in [1.29, 1.82) is 0 Å². The SMILES string of the molecule is CCc1cc(C)ccc1N1C(=O)CSC1=NC(=S)NCC(C)c1ccc(-c2ncn(-c3ccc(OC(F)(F)F)cc3)n2)cc1. The van der Waals surface area contributed by atoms with Gasteiger partial charge in [-0.3, -0.25) is 9.69 Å². The number of aromatic nitrogens is 3. The Morgan fingerprint density at radius 2 is 1.86 bits per heavy atom. The zero-order valence-corrected chi connectivity index (χ0v) is 25.8. The molecular formula is C31H29F3N6O2S2. The maximum absolute atomic E-state index is 12.7. The molecule has 0 saturated carbocycles. The highest BCUT2D eigenvalue weighted by atomic mass is 32.2. The molecule has 44 heavy (non-hydrogen) atoms. The van der Waals surface area contributed by atoms with Crippen molar-refractivity contribution in [3.8, 4) is 22.8 Å². The third-order valence-corrected chi connectivity index (χ3v) is 8.10. The minimum atomic E-state index is -4.75. The van der Waals surface area contributed by atoms with E-state index in [-0.39, 0.29) is 17.6 Å². The Kier molecular flexibility index (Phi) is 9.35. The number of hydrogen-bond donors (Lipinski definition) is 1. The molecule has 1 aliphatic rings. The molecule has 2 heterocycles. The van der Waals surface area contributed by atoms with Crippen molar-refractivity contribution in [1.82, 2.24) is 20.1 Å². The molecule has 0 radical (unpaired) electrons. The van der Waals surface area contributed by atoms with Crippen molar-refractivity contribution in [2.45, 2.75) is 39.5 Å². The van der Waals surface area contributed by atoms with Gasteiger partial charge in [0.2, 0.25) is 5.91 Å². The lowest BCUT2D eigenvalue weighted by atomic mass is 10.00. The van der Waals surface area contributed by atoms with E-state index in [2.05, 4.69) is 45.0 Å². The van der Waals surface area contributed by atoms with E-state index >= 15 is 0 Å². The van der Waals surface area contributed by atoms with Crippen LogP contribution in [0.5, 0.6) is 5.75 Å². The molecular weight excluding hydrogens is 610 g/mol. The Hall–Kier alpha value is -4.23. The van der Waals surface area contributed by atoms with Gasteiger partial charge < -0.3 is 10.1 Å². The van der Waals surface area contributed by atoms with Crippen LogP contribution in [0.3, 0.4) is 0 Å². The second kappa shape index (κ2) is 13.2. The summed E-state index contributed by atoms with van der Waals surface area (Å²) in [6.07, 6.45) is -2.45. The molecule has 1 amide bonds. The van der Waals surface area contributed by atoms with E-state index < -0.39 is 6.36 Å². The monoisotopic (exact) mass is 638 g/mol. The molecule has 3 aromatic carbocycles. The molecule has 0 spiro atoms. The summed E-state index contributed by atoms with van der Waals surface area (Å²) in [5.41, 5.74) is 5.46. The van der Waals surface area contributed by atoms with E-state index in [1.165, 1.54) is 47.0 Å². The lowest BCUT2D eigenvalue weighted by molar-refractivity contribution is -0.274. The fourth-order valence-electron chi connectivity index (χ4n) is 4.66. The zero-order chi connectivity index (χ0) is 31.4. The summed E-state index contributed by atoms with van der Waals surface area (Å²) in [5.74, 6) is 0.566. The Morgan fingerprint density at radius 1 is 1.14 bits per heavy atom. The van der Waals surface area contributed by atoms with Crippen LogP contribution in [-0.2, 0) is 11.2 Å². The van der Waals surface area contributed by atoms with Crippen LogP contribution in [0, 0.1) is 6.92 Å². The number of hydrogen-bond acceptors (Lipinski definition) is 6. The van der Waals surface area contributed by atoms with Crippen molar-refractivity contribution in [2.75, 3.05) is 17.2 Å². The molecule has 1 aliphatic heterocycles. The number of benzene rings is 3. The standard InChI is InChI=1S/C31H29F3N6O2S2/c1-4-21-15-19(2)5-14-26(21)40-27(41)17-44-30(40)37-29(43)35-16-20(3)22-6-8-23(9-7-22)28-36-18-39(38-28)24-10-12-25(13-11-24)42-31(32,33)34/h5-15,18,20H,4,16-17H2,1-3H3,(H,35,43). The number of nitrogens with zero attached hydrogens (tertiary/aromatic N) is 5. The first-order valence-corrected chi connectivity index (χ1v) is 15.2. The number of amides is 1. The highest BCUT2D eigenvalue weighted by molar-refractivity contribution is 8.15. The second-order valence-corrected chi connectivity index (χ2v) is 11.5. The van der Waals surface area contributed by atoms with Gasteiger partial charge in [0.15, 0.2) is 16.1 Å². The Bertz CT molecular complexity index is 1690. The van der Waals surface area contributed by atoms with E-state index in [0.29, 0.717) is 34.1 Å². The molecule has 13 heteroatoms. The van der Waals surface area contributed by atoms with Crippen molar-refractivity contribution in [2.24, 2.45) is 4.99 Å². The lowest BCUT2D eigenvalue weighted by Gasteiger charge is -2.20. The number of thiocarbonyl (C=S) groups is 1. The average molecular weight is 639 g/mol. The molecule has 1 aromatic heterocycles. The molecule has 0 aliphatic carbocycles. The van der Waals surface area contributed by atoms with Gasteiger partial charge >= 0.3 is 6.36 Å². The van der Waals surface area contributed by atoms with Crippen LogP contribution in [0.25, 0.3) is 17.1 Å². The molecule has 0 bridgehead atoms. The van der Waals surface area contributed by atoms with Crippen LogP contribution < -0.4 is 15.0 Å². The number of anilines is 1. The van der Waals surface area contributed by atoms with Crippen LogP contribution in [0.15, 0.2) is 78.0 Å². The summed E-state index contributed by atoms with van der Waals surface area (Å²) in [5, 5.41) is 8.55. The number of carbonyl (C=O) groups is 1. The normalized spacial score (nSPS) is 15.1. The van der Waals surface area contributed by atoms with Gasteiger partial charge in [0.1, 0.15) is 12.1 Å². The van der Waals surface area contributed by atoms with Crippen molar-refractivity contribution in [3.63, 3.8) is 0 Å². The number of halogens is 3. The van der Waals surface area contributed by atoms with Crippen LogP contribution >= 0.6 is 24.0 Å². The number of ether oxygens (including phenoxy) is 1. The molecule has 1 N–H and O–H groups in total. The Balaban J connectivity index is 1.19. The number of amidine groups is 1. The van der Waals surface area contributed by atoms with Crippen LogP contribution in [0.1, 0.15) is 36.5 Å². The molecule has 8 nitrogen and oxygen atoms in total. The summed E-state index contributed by atoms with van der Waals surface area (Å²) in [6, 6.07) is 19.2. The minimum absolute atomic E-state index is 0.0173. The predicted octanol–water partition coefficient (Wildman–Crippen LogP) is 6.82. The maximum Gasteiger partial charge on any atom is 0.573 e. The Labute approximate surface area is 262 Å². The lowest BCUT2D eigenvalue weighted by Crippen LogP contribution is -2.32. The highest BCUT2D eigenvalue weighted by Gasteiger charge is 2.32. The van der Waals surface area contributed by atoms with Gasteiger partial charge in [-0.1, -0.05) is 67.6 Å². The van der Waals surface area contributed by atoms with Gasteiger partial charge in [-0.15, -0.1) is 18.3 Å². The molecule has 1 unspecified atom stereocenters. The van der Waals surface area contributed by atoms with Crippen LogP contribution in [-0.4, -0.2) is 49.6 Å². The third-order valence-electron chi connectivity index (χ3n) is 6.94. The number of carbonyl (C=O) groups excluding carboxylic acids is 1. The summed E-state index contributed by atoms with van der Waals surface area (Å²) in [6.45, 7) is 6.70. The average Bonchev–Trinajstić information content (AvgIpc) is 3.63. The molecule has 1 saturated heterocycles. The molecule has 4 aromatic rings. The summed E-state index contributed by atoms with van der Waals surface area (Å²) in [4.78, 5) is 23.3. The number of thioether (sulfide) groups is 1. The van der Waals surface area contributed by atoms with Crippen molar-refractivity contribution in [3.05, 3.63) is 89.7 Å². The zero-order valence-electron chi connectivity index (χ0n) is 24.1. The van der Waals surface area contributed by atoms with Gasteiger partial charge in [-0.25, -0.2) is 9.67 Å². The first kappa shape index (κ1) is 31.2. The van der Waals surface area contributed by atoms with Crippen molar-refractivity contribution < 1.29 is 22.7 Å². The van der Waals surface area contributed by atoms with Gasteiger partial charge in [0.05, 0.1) is 17.1 Å². The van der Waals surface area contributed by atoms with E-state index in [0.717, 1.165) is 34.4 Å². The third kappa shape index (κ3) is 7.45. The van der Waals surface area contributed by atoms with Crippen LogP contribution in [0.4, 0.5) is 18.9 Å². The fraction of sp³-hybridized carbons (Fsp3) is 0.258. The predicted molar refractivity (Wildman–Crippen MR) is 170 cm³/mol. The fourth-order valence-corrected chi connectivity index (χ4v) is 5.76. The van der Waals surface area contributed by atoms with Crippen LogP contribution in [0.2, 0.25) is 0 Å². The summed E-state index contributed by atoms with van der Waals surface area (Å²) >= 11 is 6.89. The first-order chi connectivity index (χ1) is 21.0. The highest BCUT2D eigenvalue weighted by Crippen LogP contribution is 2.31. The molecule has 1 atom stereocenters. The number of nitrogens with one attached hydrogen (secondary N) is 1. The number of aryl methyl sites for hydroxylation is 2. The second-order valence-electron chi connectivity index (χ2n) is 10.2. The summed E-state index contributed by atoms with van der Waals surface area (Å²) < 4.78 is 42.7. The molecule has 1 fully saturated rings. The molecule has 228 valence electrons. The number of alkyl halides is 3. The minimum Gasteiger partial charge on any atom is -0.406 e. The smallest absolute Gasteiger partial charge is 0.406 e. The van der Waals surface area contributed by atoms with Gasteiger partial charge in [-0.05, 0) is 72.9 Å². The van der Waals surface area contributed by atoms with Gasteiger partial charge in [0.25, 0.3) is 0 Å². The largest absolute Gasteiger partial charge is 0.573 e. The first-order valence-electron chi connectivity index (χ1n) is 13.8. The molecule has 5 rings (SSSR count). The number of rotatable bonds is 8. The van der Waals surface area contributed by atoms with E-state index in [1.54, 1.807) is 4.90 Å². The van der Waals surface area contributed by atoms with Gasteiger partial charge in [-0.2, -0.15) is 4.99 Å². The maximum atomic E-state index is 12.7. The van der Waals surface area contributed by atoms with E-state index in [4.69, 9.17) is 12.2 Å². The Morgan fingerprint density at radius 3 is 2.55 bits per heavy atom.